The van der Waals surface area contributed by atoms with E-state index < -0.39 is 0 Å². The molecular weight excluding hydrogens is 348 g/mol. The van der Waals surface area contributed by atoms with E-state index in [9.17, 15) is 0 Å². The normalized spacial score (nSPS) is 5.69. The van der Waals surface area contributed by atoms with Crippen LogP contribution in [0.2, 0.25) is 0 Å². The molecule has 5 nitrogen and oxygen atoms in total. The van der Waals surface area contributed by atoms with Crippen LogP contribution in [0.4, 0.5) is 0 Å². The number of rotatable bonds is 0. The Bertz CT molecular complexity index is 180. The van der Waals surface area contributed by atoms with Gasteiger partial charge in [-0.25, -0.2) is 4.98 Å². The third-order valence-electron chi connectivity index (χ3n) is 1.09. The smallest absolute Gasteiger partial charge is 0.176 e. The van der Waals surface area contributed by atoms with Crippen molar-refractivity contribution in [2.24, 2.45) is 0 Å². The van der Waals surface area contributed by atoms with Crippen LogP contribution in [0.3, 0.4) is 0 Å². The summed E-state index contributed by atoms with van der Waals surface area (Å²) in [6.07, 6.45) is 0. The molecule has 0 saturated heterocycles. The summed E-state index contributed by atoms with van der Waals surface area (Å²) in [5.41, 5.74) is 2.43. The Kier molecular flexibility index (Phi) is 32.0. The van der Waals surface area contributed by atoms with Crippen molar-refractivity contribution in [3.05, 3.63) is 29.6 Å². The van der Waals surface area contributed by atoms with Gasteiger partial charge in [-0.05, 0) is 6.07 Å². The summed E-state index contributed by atoms with van der Waals surface area (Å²) < 4.78 is 0. The molecule has 0 fully saturated rings. The molecule has 81 valence electrons. The number of pyridine rings is 1. The van der Waals surface area contributed by atoms with Gasteiger partial charge in [0.2, 0.25) is 0 Å². The molecule has 0 atom stereocenters. The molecule has 0 amide bonds. The Morgan fingerprint density at radius 1 is 0.846 bits per heavy atom. The maximum absolute atomic E-state index is 3.17. The van der Waals surface area contributed by atoms with Crippen molar-refractivity contribution in [1.29, 1.82) is 0 Å². The summed E-state index contributed by atoms with van der Waals surface area (Å²) in [7, 11) is 0. The van der Waals surface area contributed by atoms with Gasteiger partial charge in [0.15, 0.2) is 11.4 Å². The fourth-order valence-electron chi connectivity index (χ4n) is 0.731. The molecule has 1 heterocycles. The van der Waals surface area contributed by atoms with E-state index in [0.29, 0.717) is 0 Å². The number of nitrogens with one attached hydrogen (secondary N) is 1. The molecule has 0 aliphatic heterocycles. The Hall–Kier alpha value is -0.348. The summed E-state index contributed by atoms with van der Waals surface area (Å²) in [5, 5.41) is 0. The standard InChI is InChI=1S/C7H9N.4O.Re/c1-6-4-3-5-7(2)8-6;;;;;/h3-5H,1-2H3;;;;;/q;4*-2;/p+1. The molecule has 6 heteroatoms. The minimum Gasteiger partial charge on any atom is -2.00 e. The number of aryl methyl sites for hydroxylation is 2. The van der Waals surface area contributed by atoms with Crippen molar-refractivity contribution >= 4 is 0 Å². The van der Waals surface area contributed by atoms with E-state index in [0.717, 1.165) is 0 Å². The first kappa shape index (κ1) is 29.3. The maximum Gasteiger partial charge on any atom is 0.176 e. The van der Waals surface area contributed by atoms with Gasteiger partial charge in [0.1, 0.15) is 0 Å². The number of hydrogen-bond donors (Lipinski definition) is 0. The van der Waals surface area contributed by atoms with E-state index in [1.165, 1.54) is 11.4 Å². The molecule has 0 aliphatic rings. The summed E-state index contributed by atoms with van der Waals surface area (Å²) in [6, 6.07) is 6.14. The third kappa shape index (κ3) is 11.7. The predicted molar refractivity (Wildman–Crippen MR) is 35.2 cm³/mol. The van der Waals surface area contributed by atoms with Gasteiger partial charge in [0, 0.05) is 46.4 Å². The summed E-state index contributed by atoms with van der Waals surface area (Å²) in [6.45, 7) is 4.10. The largest absolute Gasteiger partial charge is 2.00 e. The van der Waals surface area contributed by atoms with Gasteiger partial charge >= 0.3 is 0 Å². The van der Waals surface area contributed by atoms with Crippen molar-refractivity contribution in [3.63, 3.8) is 0 Å². The fourth-order valence-corrected chi connectivity index (χ4v) is 0.731. The van der Waals surface area contributed by atoms with Gasteiger partial charge < -0.3 is 21.9 Å². The van der Waals surface area contributed by atoms with Crippen LogP contribution in [-0.4, -0.2) is 0 Å². The van der Waals surface area contributed by atoms with Gasteiger partial charge in [0.25, 0.3) is 0 Å². The van der Waals surface area contributed by atoms with Gasteiger partial charge in [-0.2, -0.15) is 0 Å². The second-order valence-corrected chi connectivity index (χ2v) is 2.02. The topological polar surface area (TPSA) is 128 Å². The molecule has 0 saturated carbocycles. The van der Waals surface area contributed by atoms with E-state index in [4.69, 9.17) is 0 Å². The molecule has 0 spiro atoms. The Balaban J connectivity index is -0.0000000427. The summed E-state index contributed by atoms with van der Waals surface area (Å²) in [5.74, 6) is 0. The van der Waals surface area contributed by atoms with Crippen LogP contribution in [-0.2, 0) is 42.3 Å². The van der Waals surface area contributed by atoms with E-state index in [2.05, 4.69) is 4.98 Å². The summed E-state index contributed by atoms with van der Waals surface area (Å²) >= 11 is 0. The molecule has 13 heavy (non-hydrogen) atoms. The van der Waals surface area contributed by atoms with Crippen molar-refractivity contribution in [1.82, 2.24) is 0 Å². The third-order valence-corrected chi connectivity index (χ3v) is 1.09. The Morgan fingerprint density at radius 2 is 1.15 bits per heavy atom. The Morgan fingerprint density at radius 3 is 1.31 bits per heavy atom. The first-order chi connectivity index (χ1) is 3.79. The molecule has 1 aromatic rings. The van der Waals surface area contributed by atoms with E-state index in [-0.39, 0.29) is 42.3 Å². The molecule has 0 bridgehead atoms. The molecule has 0 aliphatic carbocycles. The van der Waals surface area contributed by atoms with Crippen LogP contribution in [0.25, 0.3) is 0 Å². The second kappa shape index (κ2) is 14.2. The monoisotopic (exact) mass is 359 g/mol. The predicted octanol–water partition coefficient (Wildman–Crippen LogP) is 0.640. The van der Waals surface area contributed by atoms with Gasteiger partial charge in [-0.3, -0.25) is 0 Å². The number of aromatic nitrogens is 1. The molecule has 1 N–H and O–H groups in total. The van der Waals surface area contributed by atoms with Crippen LogP contribution in [0, 0.1) is 13.8 Å². The van der Waals surface area contributed by atoms with Crippen molar-refractivity contribution in [2.45, 2.75) is 13.8 Å². The van der Waals surface area contributed by atoms with Gasteiger partial charge in [-0.1, -0.05) is 0 Å². The quantitative estimate of drug-likeness (QED) is 0.645. The molecule has 1 radical (unpaired) electrons. The minimum absolute atomic E-state index is 0. The number of H-pyrrole nitrogens is 1. The molecular formula is C7H10NO4Re-7. The molecule has 0 aromatic carbocycles. The van der Waals surface area contributed by atoms with Crippen LogP contribution < -0.4 is 4.98 Å². The zero-order chi connectivity index (χ0) is 5.98. The minimum atomic E-state index is 0. The average Bonchev–Trinajstić information content (AvgIpc) is 1.64. The first-order valence-electron chi connectivity index (χ1n) is 2.74. The second-order valence-electron chi connectivity index (χ2n) is 2.02. The fraction of sp³-hybridized carbons (Fsp3) is 0.286. The van der Waals surface area contributed by atoms with Crippen LogP contribution in [0.15, 0.2) is 18.2 Å². The van der Waals surface area contributed by atoms with Crippen molar-refractivity contribution in [2.75, 3.05) is 0 Å². The van der Waals surface area contributed by atoms with E-state index >= 15 is 0 Å². The van der Waals surface area contributed by atoms with E-state index in [1.807, 2.05) is 32.0 Å². The summed E-state index contributed by atoms with van der Waals surface area (Å²) in [4.78, 5) is 3.17. The molecule has 1 aromatic heterocycles. The first-order valence-corrected chi connectivity index (χ1v) is 2.74. The Labute approximate surface area is 91.1 Å². The van der Waals surface area contributed by atoms with Gasteiger partial charge in [0.05, 0.1) is 0 Å². The number of hydrogen-bond acceptors (Lipinski definition) is 0. The SMILES string of the molecule is Cc1cccc(C)[nH+]1.[O-2].[O-2].[O-2].[O-2].[Re]. The zero-order valence-corrected chi connectivity index (χ0v) is 9.96. The van der Waals surface area contributed by atoms with Crippen molar-refractivity contribution in [3.8, 4) is 0 Å². The van der Waals surface area contributed by atoms with Crippen LogP contribution in [0.1, 0.15) is 11.4 Å². The van der Waals surface area contributed by atoms with Crippen LogP contribution >= 0.6 is 0 Å². The zero-order valence-electron chi connectivity index (χ0n) is 7.24. The van der Waals surface area contributed by atoms with Gasteiger partial charge in [-0.15, -0.1) is 0 Å². The maximum atomic E-state index is 3.17. The molecule has 1 rings (SSSR count). The average molecular weight is 358 g/mol. The molecule has 0 unspecified atom stereocenters. The van der Waals surface area contributed by atoms with E-state index in [1.54, 1.807) is 0 Å². The van der Waals surface area contributed by atoms with Crippen molar-refractivity contribution < 1.29 is 47.3 Å². The number of aromatic amines is 1. The van der Waals surface area contributed by atoms with Crippen LogP contribution in [0.5, 0.6) is 0 Å².